The van der Waals surface area contributed by atoms with Crippen LogP contribution in [0.3, 0.4) is 0 Å². The average Bonchev–Trinajstić information content (AvgIpc) is 3.26. The first-order chi connectivity index (χ1) is 29.8. The summed E-state index contributed by atoms with van der Waals surface area (Å²) in [6, 6.07) is -0.799. The Hall–Kier alpha value is -1.07. The van der Waals surface area contributed by atoms with Crippen molar-refractivity contribution in [1.82, 2.24) is 5.32 Å². The number of nitrogens with one attached hydrogen (secondary N) is 1. The van der Waals surface area contributed by atoms with Gasteiger partial charge in [-0.15, -0.1) is 0 Å². The lowest BCUT2D eigenvalue weighted by atomic mass is 9.99. The summed E-state index contributed by atoms with van der Waals surface area (Å²) < 4.78 is 11.3. The number of carbonyl (C=O) groups is 1. The highest BCUT2D eigenvalue weighted by molar-refractivity contribution is 5.76. The lowest BCUT2D eigenvalue weighted by molar-refractivity contribution is -0.302. The number of rotatable bonds is 45. The molecular formula is C52H101NO8. The molecule has 0 aliphatic carbocycles. The number of aliphatic hydroxyl groups is 5. The number of hydrogen-bond donors (Lipinski definition) is 6. The van der Waals surface area contributed by atoms with E-state index in [-0.39, 0.29) is 12.5 Å². The molecule has 0 saturated carbocycles. The zero-order valence-electron chi connectivity index (χ0n) is 39.9. The van der Waals surface area contributed by atoms with Crippen molar-refractivity contribution in [3.63, 3.8) is 0 Å². The van der Waals surface area contributed by atoms with Gasteiger partial charge in [-0.05, 0) is 19.3 Å². The van der Waals surface area contributed by atoms with Crippen molar-refractivity contribution < 1.29 is 39.8 Å². The lowest BCUT2D eigenvalue weighted by Crippen LogP contribution is -2.60. The highest BCUT2D eigenvalue weighted by Crippen LogP contribution is 2.23. The van der Waals surface area contributed by atoms with E-state index in [1.165, 1.54) is 199 Å². The summed E-state index contributed by atoms with van der Waals surface area (Å²) in [5.41, 5.74) is 0. The molecule has 1 amide bonds. The molecule has 0 spiro atoms. The van der Waals surface area contributed by atoms with Gasteiger partial charge in [0.05, 0.1) is 25.4 Å². The summed E-state index contributed by atoms with van der Waals surface area (Å²) in [7, 11) is 0. The fourth-order valence-corrected chi connectivity index (χ4v) is 8.63. The number of amides is 1. The van der Waals surface area contributed by atoms with Crippen LogP contribution in [0, 0.1) is 0 Å². The minimum atomic E-state index is -1.56. The van der Waals surface area contributed by atoms with Crippen LogP contribution in [0.25, 0.3) is 0 Å². The molecule has 0 radical (unpaired) electrons. The first-order valence-electron chi connectivity index (χ1n) is 26.4. The van der Waals surface area contributed by atoms with Gasteiger partial charge < -0.3 is 40.3 Å². The molecule has 1 aliphatic heterocycles. The summed E-state index contributed by atoms with van der Waals surface area (Å²) in [6.07, 6.45) is 44.0. The third-order valence-corrected chi connectivity index (χ3v) is 12.9. The van der Waals surface area contributed by atoms with Gasteiger partial charge in [0.1, 0.15) is 24.4 Å². The fourth-order valence-electron chi connectivity index (χ4n) is 8.63. The Kier molecular flexibility index (Phi) is 40.7. The molecule has 9 heteroatoms. The topological polar surface area (TPSA) is 149 Å². The van der Waals surface area contributed by atoms with Crippen LogP contribution in [0.15, 0.2) is 12.2 Å². The molecule has 0 aromatic rings. The quantitative estimate of drug-likeness (QED) is 0.0262. The van der Waals surface area contributed by atoms with E-state index in [2.05, 4.69) is 19.2 Å². The second-order valence-electron chi connectivity index (χ2n) is 18.7. The zero-order valence-corrected chi connectivity index (χ0v) is 39.9. The van der Waals surface area contributed by atoms with Crippen LogP contribution < -0.4 is 5.32 Å². The molecule has 1 aliphatic rings. The number of allylic oxidation sites excluding steroid dienone is 1. The van der Waals surface area contributed by atoms with Crippen molar-refractivity contribution >= 4 is 5.91 Å². The Labute approximate surface area is 376 Å². The van der Waals surface area contributed by atoms with Crippen molar-refractivity contribution in [3.05, 3.63) is 12.2 Å². The SMILES string of the molecule is CCCCCCCCCCCCCCCCCCCC/C=C/C(O)C(COC1OC(CO)C(O)C(O)C1O)NC(=O)CCCCCCCCCCCCCCCCCCCC. The number of hydrogen-bond acceptors (Lipinski definition) is 8. The largest absolute Gasteiger partial charge is 0.394 e. The monoisotopic (exact) mass is 868 g/mol. The molecule has 61 heavy (non-hydrogen) atoms. The first-order valence-corrected chi connectivity index (χ1v) is 26.4. The molecule has 0 bridgehead atoms. The summed E-state index contributed by atoms with van der Waals surface area (Å²) in [6.45, 7) is 3.81. The smallest absolute Gasteiger partial charge is 0.220 e. The van der Waals surface area contributed by atoms with E-state index in [1.807, 2.05) is 6.08 Å². The van der Waals surface area contributed by atoms with Gasteiger partial charge >= 0.3 is 0 Å². The predicted molar refractivity (Wildman–Crippen MR) is 254 cm³/mol. The highest BCUT2D eigenvalue weighted by Gasteiger charge is 2.44. The van der Waals surface area contributed by atoms with Crippen LogP contribution in [-0.4, -0.2) is 87.5 Å². The van der Waals surface area contributed by atoms with E-state index in [1.54, 1.807) is 6.08 Å². The van der Waals surface area contributed by atoms with Gasteiger partial charge in [-0.25, -0.2) is 0 Å². The Balaban J connectivity index is 2.27. The van der Waals surface area contributed by atoms with Crippen LogP contribution in [0.4, 0.5) is 0 Å². The van der Waals surface area contributed by atoms with Crippen LogP contribution in [0.2, 0.25) is 0 Å². The maximum atomic E-state index is 13.0. The molecule has 362 valence electrons. The van der Waals surface area contributed by atoms with Crippen LogP contribution >= 0.6 is 0 Å². The van der Waals surface area contributed by atoms with Crippen molar-refractivity contribution in [2.24, 2.45) is 0 Å². The third-order valence-electron chi connectivity index (χ3n) is 12.9. The molecule has 9 nitrogen and oxygen atoms in total. The molecule has 0 aromatic carbocycles. The number of aliphatic hydroxyl groups excluding tert-OH is 5. The maximum Gasteiger partial charge on any atom is 0.220 e. The molecule has 7 unspecified atom stereocenters. The van der Waals surface area contributed by atoms with E-state index >= 15 is 0 Å². The van der Waals surface area contributed by atoms with Gasteiger partial charge in [-0.3, -0.25) is 4.79 Å². The van der Waals surface area contributed by atoms with E-state index in [4.69, 9.17) is 9.47 Å². The van der Waals surface area contributed by atoms with E-state index in [9.17, 15) is 30.3 Å². The molecule has 1 saturated heterocycles. The van der Waals surface area contributed by atoms with Gasteiger partial charge in [0.25, 0.3) is 0 Å². The van der Waals surface area contributed by atoms with E-state index in [0.29, 0.717) is 6.42 Å². The molecule has 1 rings (SSSR count). The average molecular weight is 868 g/mol. The summed E-state index contributed by atoms with van der Waals surface area (Å²) >= 11 is 0. The Morgan fingerprint density at radius 3 is 1.28 bits per heavy atom. The molecule has 6 N–H and O–H groups in total. The molecule has 1 heterocycles. The second-order valence-corrected chi connectivity index (χ2v) is 18.7. The third kappa shape index (κ3) is 33.1. The first kappa shape index (κ1) is 57.9. The van der Waals surface area contributed by atoms with Gasteiger partial charge in [0, 0.05) is 6.42 Å². The van der Waals surface area contributed by atoms with Crippen molar-refractivity contribution in [2.75, 3.05) is 13.2 Å². The summed E-state index contributed by atoms with van der Waals surface area (Å²) in [4.78, 5) is 13.0. The lowest BCUT2D eigenvalue weighted by Gasteiger charge is -2.40. The zero-order chi connectivity index (χ0) is 44.4. The molecule has 1 fully saturated rings. The van der Waals surface area contributed by atoms with E-state index < -0.39 is 49.5 Å². The summed E-state index contributed by atoms with van der Waals surface area (Å²) in [5, 5.41) is 54.4. The fraction of sp³-hybridized carbons (Fsp3) is 0.942. The number of carbonyl (C=O) groups excluding carboxylic acids is 1. The summed E-state index contributed by atoms with van der Waals surface area (Å²) in [5.74, 6) is -0.171. The normalized spacial score (nSPS) is 20.4. The standard InChI is InChI=1S/C52H101NO8/c1-3-5-7-9-11-13-15-17-19-21-23-24-25-27-29-31-33-35-37-39-41-46(55)45(44-60-52-51(59)50(58)49(57)47(43-54)61-52)53-48(56)42-40-38-36-34-32-30-28-26-22-20-18-16-14-12-10-8-6-4-2/h39,41,45-47,49-52,54-55,57-59H,3-38,40,42-44H2,1-2H3,(H,53,56)/b41-39+. The minimum absolute atomic E-state index is 0.171. The Morgan fingerprint density at radius 1 is 0.541 bits per heavy atom. The highest BCUT2D eigenvalue weighted by atomic mass is 16.7. The molecular weight excluding hydrogens is 767 g/mol. The van der Waals surface area contributed by atoms with Crippen molar-refractivity contribution in [3.8, 4) is 0 Å². The van der Waals surface area contributed by atoms with Gasteiger partial charge in [-0.1, -0.05) is 244 Å². The number of ether oxygens (including phenoxy) is 2. The van der Waals surface area contributed by atoms with Crippen molar-refractivity contribution in [2.45, 2.75) is 301 Å². The van der Waals surface area contributed by atoms with Gasteiger partial charge in [0.15, 0.2) is 6.29 Å². The molecule has 0 aromatic heterocycles. The van der Waals surface area contributed by atoms with Crippen LogP contribution in [-0.2, 0) is 14.3 Å². The maximum absolute atomic E-state index is 13.0. The minimum Gasteiger partial charge on any atom is -0.394 e. The van der Waals surface area contributed by atoms with Gasteiger partial charge in [0.2, 0.25) is 5.91 Å². The van der Waals surface area contributed by atoms with E-state index in [0.717, 1.165) is 38.5 Å². The van der Waals surface area contributed by atoms with Crippen molar-refractivity contribution in [1.29, 1.82) is 0 Å². The Morgan fingerprint density at radius 2 is 0.902 bits per heavy atom. The second kappa shape index (κ2) is 42.9. The molecule has 7 atom stereocenters. The van der Waals surface area contributed by atoms with Gasteiger partial charge in [-0.2, -0.15) is 0 Å². The van der Waals surface area contributed by atoms with Crippen LogP contribution in [0.1, 0.15) is 258 Å². The predicted octanol–water partition coefficient (Wildman–Crippen LogP) is 12.1. The van der Waals surface area contributed by atoms with Crippen LogP contribution in [0.5, 0.6) is 0 Å². The number of unbranched alkanes of at least 4 members (excludes halogenated alkanes) is 35. The Bertz CT molecular complexity index is 966.